The number of nitrogens with zero attached hydrogens (tertiary/aromatic N) is 5. The number of amides is 2. The van der Waals surface area contributed by atoms with E-state index in [4.69, 9.17) is 23.2 Å². The molecule has 1 saturated heterocycles. The van der Waals surface area contributed by atoms with Crippen LogP contribution in [0.4, 0.5) is 0 Å². The number of hydrogen-bond donors (Lipinski definition) is 0. The van der Waals surface area contributed by atoms with Gasteiger partial charge in [-0.1, -0.05) is 83.5 Å². The zero-order valence-corrected chi connectivity index (χ0v) is 25.3. The van der Waals surface area contributed by atoms with Crippen LogP contribution in [0.1, 0.15) is 35.7 Å². The molecule has 0 unspecified atom stereocenters. The van der Waals surface area contributed by atoms with E-state index in [1.165, 1.54) is 0 Å². The molecular formula is C31H31Cl2N5O2S. The van der Waals surface area contributed by atoms with E-state index in [0.29, 0.717) is 48.1 Å². The Morgan fingerprint density at radius 2 is 1.71 bits per heavy atom. The molecule has 1 aromatic heterocycles. The number of aromatic nitrogens is 3. The first kappa shape index (κ1) is 29.2. The molecular weight excluding hydrogens is 577 g/mol. The summed E-state index contributed by atoms with van der Waals surface area (Å²) in [6.07, 6.45) is 1.14. The van der Waals surface area contributed by atoms with Gasteiger partial charge in [-0.25, -0.2) is 0 Å². The van der Waals surface area contributed by atoms with Crippen LogP contribution in [-0.4, -0.2) is 67.8 Å². The summed E-state index contributed by atoms with van der Waals surface area (Å²) < 4.78 is 2.10. The SMILES string of the molecule is Cc1ccccc1-n1c(SCCCC(=O)N2CCN(C(=O)c3ccc(Cl)c(Cl)c3)[C@@H](C)C2)nnc1-c1ccccc1. The molecule has 2 heterocycles. The second-order valence-corrected chi connectivity index (χ2v) is 11.9. The first-order chi connectivity index (χ1) is 19.8. The van der Waals surface area contributed by atoms with Crippen molar-refractivity contribution in [3.63, 3.8) is 0 Å². The molecule has 1 atom stereocenters. The van der Waals surface area contributed by atoms with Crippen LogP contribution in [0.3, 0.4) is 0 Å². The van der Waals surface area contributed by atoms with Gasteiger partial charge in [0, 0.05) is 49.0 Å². The highest BCUT2D eigenvalue weighted by atomic mass is 35.5. The van der Waals surface area contributed by atoms with Crippen molar-refractivity contribution < 1.29 is 9.59 Å². The molecule has 1 fully saturated rings. The van der Waals surface area contributed by atoms with Crippen LogP contribution in [0.5, 0.6) is 0 Å². The topological polar surface area (TPSA) is 71.3 Å². The van der Waals surface area contributed by atoms with Gasteiger partial charge in [-0.15, -0.1) is 10.2 Å². The molecule has 1 aliphatic rings. The van der Waals surface area contributed by atoms with Crippen molar-refractivity contribution in [2.24, 2.45) is 0 Å². The quantitative estimate of drug-likeness (QED) is 0.163. The monoisotopic (exact) mass is 607 g/mol. The van der Waals surface area contributed by atoms with E-state index in [2.05, 4.69) is 33.8 Å². The van der Waals surface area contributed by atoms with Crippen LogP contribution >= 0.6 is 35.0 Å². The highest BCUT2D eigenvalue weighted by Crippen LogP contribution is 2.30. The van der Waals surface area contributed by atoms with Crippen molar-refractivity contribution in [1.29, 1.82) is 0 Å². The fraction of sp³-hybridized carbons (Fsp3) is 0.290. The fourth-order valence-electron chi connectivity index (χ4n) is 4.99. The number of thioether (sulfide) groups is 1. The van der Waals surface area contributed by atoms with Crippen LogP contribution in [0.25, 0.3) is 17.1 Å². The molecule has 4 aromatic rings. The summed E-state index contributed by atoms with van der Waals surface area (Å²) in [6, 6.07) is 23.0. The molecule has 1 aliphatic heterocycles. The van der Waals surface area contributed by atoms with Crippen molar-refractivity contribution in [2.75, 3.05) is 25.4 Å². The second-order valence-electron chi connectivity index (χ2n) is 10.1. The summed E-state index contributed by atoms with van der Waals surface area (Å²) in [5.74, 6) is 1.52. The van der Waals surface area contributed by atoms with Crippen LogP contribution in [0, 0.1) is 6.92 Å². The molecule has 0 bridgehead atoms. The zero-order valence-electron chi connectivity index (χ0n) is 23.0. The lowest BCUT2D eigenvalue weighted by molar-refractivity contribution is -0.133. The molecule has 0 spiro atoms. The number of hydrogen-bond acceptors (Lipinski definition) is 5. The van der Waals surface area contributed by atoms with Crippen molar-refractivity contribution in [3.8, 4) is 17.1 Å². The van der Waals surface area contributed by atoms with Gasteiger partial charge in [0.15, 0.2) is 11.0 Å². The van der Waals surface area contributed by atoms with Crippen molar-refractivity contribution in [2.45, 2.75) is 37.9 Å². The van der Waals surface area contributed by atoms with E-state index in [1.807, 2.05) is 54.3 Å². The molecule has 0 radical (unpaired) electrons. The molecule has 3 aromatic carbocycles. The Bertz CT molecular complexity index is 1540. The second kappa shape index (κ2) is 13.1. The van der Waals surface area contributed by atoms with Gasteiger partial charge < -0.3 is 9.80 Å². The van der Waals surface area contributed by atoms with E-state index in [9.17, 15) is 9.59 Å². The summed E-state index contributed by atoms with van der Waals surface area (Å²) in [5.41, 5.74) is 3.66. The first-order valence-corrected chi connectivity index (χ1v) is 15.3. The van der Waals surface area contributed by atoms with Crippen LogP contribution < -0.4 is 0 Å². The smallest absolute Gasteiger partial charge is 0.254 e. The third kappa shape index (κ3) is 6.61. The Balaban J connectivity index is 1.18. The molecule has 2 amide bonds. The van der Waals surface area contributed by atoms with Gasteiger partial charge in [-0.3, -0.25) is 14.2 Å². The third-order valence-corrected chi connectivity index (χ3v) is 8.95. The molecule has 0 aliphatic carbocycles. The van der Waals surface area contributed by atoms with Crippen LogP contribution in [-0.2, 0) is 4.79 Å². The van der Waals surface area contributed by atoms with Crippen LogP contribution in [0.15, 0.2) is 78.0 Å². The maximum absolute atomic E-state index is 13.1. The first-order valence-electron chi connectivity index (χ1n) is 13.6. The summed E-state index contributed by atoms with van der Waals surface area (Å²) in [5, 5.41) is 10.6. The van der Waals surface area contributed by atoms with E-state index in [-0.39, 0.29) is 17.9 Å². The molecule has 0 N–H and O–H groups in total. The molecule has 0 saturated carbocycles. The Labute approximate surface area is 254 Å². The van der Waals surface area contributed by atoms with E-state index in [0.717, 1.165) is 33.5 Å². The minimum Gasteiger partial charge on any atom is -0.339 e. The highest BCUT2D eigenvalue weighted by Gasteiger charge is 2.30. The Hall–Kier alpha value is -3.33. The number of benzene rings is 3. The summed E-state index contributed by atoms with van der Waals surface area (Å²) in [7, 11) is 0. The maximum Gasteiger partial charge on any atom is 0.254 e. The highest BCUT2D eigenvalue weighted by molar-refractivity contribution is 7.99. The number of carbonyl (C=O) groups is 2. The number of para-hydroxylation sites is 1. The standard InChI is InChI=1S/C31H31Cl2N5O2S/c1-21-9-6-7-12-27(21)38-29(23-10-4-3-5-11-23)34-35-31(38)41-18-8-13-28(39)36-16-17-37(22(2)20-36)30(40)24-14-15-25(32)26(33)19-24/h3-7,9-12,14-15,19,22H,8,13,16-18,20H2,1-2H3/t22-/m0/s1. The summed E-state index contributed by atoms with van der Waals surface area (Å²) >= 11 is 13.7. The molecule has 212 valence electrons. The van der Waals surface area contributed by atoms with E-state index in [1.54, 1.807) is 34.9 Å². The third-order valence-electron chi connectivity index (χ3n) is 7.20. The summed E-state index contributed by atoms with van der Waals surface area (Å²) in [6.45, 7) is 5.53. The summed E-state index contributed by atoms with van der Waals surface area (Å²) in [4.78, 5) is 29.7. The molecule has 5 rings (SSSR count). The number of aryl methyl sites for hydroxylation is 1. The Morgan fingerprint density at radius 3 is 2.44 bits per heavy atom. The van der Waals surface area contributed by atoms with Crippen LogP contribution in [0.2, 0.25) is 10.0 Å². The van der Waals surface area contributed by atoms with Gasteiger partial charge in [0.25, 0.3) is 5.91 Å². The minimum atomic E-state index is -0.104. The lowest BCUT2D eigenvalue weighted by atomic mass is 10.1. The zero-order chi connectivity index (χ0) is 28.9. The normalized spacial score (nSPS) is 15.3. The minimum absolute atomic E-state index is 0.101. The number of rotatable bonds is 8. The Kier molecular flexibility index (Phi) is 9.32. The predicted octanol–water partition coefficient (Wildman–Crippen LogP) is 6.79. The maximum atomic E-state index is 13.1. The van der Waals surface area contributed by atoms with Crippen molar-refractivity contribution in [1.82, 2.24) is 24.6 Å². The van der Waals surface area contributed by atoms with Gasteiger partial charge in [0.2, 0.25) is 5.91 Å². The average Bonchev–Trinajstić information content (AvgIpc) is 3.40. The molecule has 41 heavy (non-hydrogen) atoms. The van der Waals surface area contributed by atoms with Crippen molar-refractivity contribution in [3.05, 3.63) is 94.0 Å². The average molecular weight is 609 g/mol. The lowest BCUT2D eigenvalue weighted by Gasteiger charge is -2.40. The van der Waals surface area contributed by atoms with Gasteiger partial charge >= 0.3 is 0 Å². The number of carbonyl (C=O) groups excluding carboxylic acids is 2. The van der Waals surface area contributed by atoms with Crippen molar-refractivity contribution >= 4 is 46.8 Å². The van der Waals surface area contributed by atoms with Gasteiger partial charge in [0.05, 0.1) is 15.7 Å². The number of piperazine rings is 1. The Morgan fingerprint density at radius 1 is 0.951 bits per heavy atom. The fourth-order valence-corrected chi connectivity index (χ4v) is 6.18. The van der Waals surface area contributed by atoms with Gasteiger partial charge in [-0.05, 0) is 50.1 Å². The molecule has 10 heteroatoms. The predicted molar refractivity (Wildman–Crippen MR) is 165 cm³/mol. The van der Waals surface area contributed by atoms with Gasteiger partial charge in [0.1, 0.15) is 0 Å². The number of halogens is 2. The van der Waals surface area contributed by atoms with Gasteiger partial charge in [-0.2, -0.15) is 0 Å². The largest absolute Gasteiger partial charge is 0.339 e. The van der Waals surface area contributed by atoms with E-state index < -0.39 is 0 Å². The lowest BCUT2D eigenvalue weighted by Crippen LogP contribution is -2.55. The van der Waals surface area contributed by atoms with E-state index >= 15 is 0 Å². The molecule has 7 nitrogen and oxygen atoms in total.